The highest BCUT2D eigenvalue weighted by Crippen LogP contribution is 2.26. The molecular weight excluding hydrogens is 261 g/mol. The molecule has 0 bridgehead atoms. The van der Waals surface area contributed by atoms with Gasteiger partial charge in [-0.2, -0.15) is 0 Å². The molecule has 0 aliphatic heterocycles. The van der Waals surface area contributed by atoms with Gasteiger partial charge in [-0.05, 0) is 35.4 Å². The Labute approximate surface area is 107 Å². The Bertz CT molecular complexity index is 614. The number of rotatable bonds is 2. The van der Waals surface area contributed by atoms with E-state index in [-0.39, 0.29) is 5.56 Å². The van der Waals surface area contributed by atoms with E-state index in [1.165, 1.54) is 12.3 Å². The highest BCUT2D eigenvalue weighted by atomic mass is 35.5. The Morgan fingerprint density at radius 2 is 1.65 bits per heavy atom. The summed E-state index contributed by atoms with van der Waals surface area (Å²) in [5.74, 6) is 0. The number of carbonyl (C=O) groups is 1. The second-order valence-electron chi connectivity index (χ2n) is 3.45. The second-order valence-corrected chi connectivity index (χ2v) is 4.32. The van der Waals surface area contributed by atoms with Crippen LogP contribution >= 0.6 is 23.2 Å². The van der Waals surface area contributed by atoms with Crippen LogP contribution in [0.3, 0.4) is 0 Å². The van der Waals surface area contributed by atoms with Gasteiger partial charge in [0.2, 0.25) is 0 Å². The van der Waals surface area contributed by atoms with Crippen molar-refractivity contribution in [2.75, 3.05) is 0 Å². The summed E-state index contributed by atoms with van der Waals surface area (Å²) < 4.78 is 0. The summed E-state index contributed by atoms with van der Waals surface area (Å²) >= 11 is 11.8. The van der Waals surface area contributed by atoms with Crippen molar-refractivity contribution >= 4 is 29.5 Å². The SMILES string of the molecule is O=Cc1cc(-c2cc(Cl)cc(Cl)c2)c[nH]c1=O. The number of aldehydes is 1. The van der Waals surface area contributed by atoms with Crippen LogP contribution in [0.15, 0.2) is 35.3 Å². The summed E-state index contributed by atoms with van der Waals surface area (Å²) in [5, 5.41) is 0.984. The fourth-order valence-corrected chi connectivity index (χ4v) is 2.00. The monoisotopic (exact) mass is 267 g/mol. The predicted octanol–water partition coefficient (Wildman–Crippen LogP) is 3.16. The number of aromatic amines is 1. The fourth-order valence-electron chi connectivity index (χ4n) is 1.48. The number of halogens is 2. The molecule has 0 aliphatic carbocycles. The number of H-pyrrole nitrogens is 1. The molecule has 0 fully saturated rings. The third-order valence-corrected chi connectivity index (χ3v) is 2.69. The van der Waals surface area contributed by atoms with Crippen molar-refractivity contribution in [1.82, 2.24) is 4.98 Å². The van der Waals surface area contributed by atoms with Gasteiger partial charge >= 0.3 is 0 Å². The maximum absolute atomic E-state index is 11.2. The largest absolute Gasteiger partial charge is 0.328 e. The van der Waals surface area contributed by atoms with Gasteiger partial charge in [0.05, 0.1) is 5.56 Å². The lowest BCUT2D eigenvalue weighted by Gasteiger charge is -2.03. The first kappa shape index (κ1) is 11.9. The van der Waals surface area contributed by atoms with E-state index < -0.39 is 5.56 Å². The average molecular weight is 268 g/mol. The van der Waals surface area contributed by atoms with Crippen molar-refractivity contribution in [3.8, 4) is 11.1 Å². The van der Waals surface area contributed by atoms with Crippen LogP contribution in [0.2, 0.25) is 10.0 Å². The molecule has 0 spiro atoms. The van der Waals surface area contributed by atoms with Gasteiger partial charge in [0.1, 0.15) is 0 Å². The smallest absolute Gasteiger partial charge is 0.258 e. The summed E-state index contributed by atoms with van der Waals surface area (Å²) in [7, 11) is 0. The van der Waals surface area contributed by atoms with Crippen LogP contribution < -0.4 is 5.56 Å². The normalized spacial score (nSPS) is 10.2. The topological polar surface area (TPSA) is 49.9 Å². The van der Waals surface area contributed by atoms with Crippen LogP contribution in [0.25, 0.3) is 11.1 Å². The van der Waals surface area contributed by atoms with Crippen molar-refractivity contribution in [3.05, 3.63) is 56.4 Å². The Kier molecular flexibility index (Phi) is 3.31. The third kappa shape index (κ3) is 2.57. The molecule has 1 aromatic carbocycles. The van der Waals surface area contributed by atoms with E-state index in [1.54, 1.807) is 18.2 Å². The van der Waals surface area contributed by atoms with Crippen LogP contribution in [0.5, 0.6) is 0 Å². The van der Waals surface area contributed by atoms with Gasteiger partial charge in [0.15, 0.2) is 6.29 Å². The molecule has 17 heavy (non-hydrogen) atoms. The minimum absolute atomic E-state index is 0.0681. The summed E-state index contributed by atoms with van der Waals surface area (Å²) in [4.78, 5) is 24.4. The number of hydrogen-bond acceptors (Lipinski definition) is 2. The number of aromatic nitrogens is 1. The molecule has 0 unspecified atom stereocenters. The highest BCUT2D eigenvalue weighted by molar-refractivity contribution is 6.35. The molecule has 0 saturated heterocycles. The molecule has 2 aromatic rings. The van der Waals surface area contributed by atoms with Crippen molar-refractivity contribution in [1.29, 1.82) is 0 Å². The van der Waals surface area contributed by atoms with Crippen LogP contribution in [-0.2, 0) is 0 Å². The van der Waals surface area contributed by atoms with E-state index in [0.29, 0.717) is 21.9 Å². The first-order valence-electron chi connectivity index (χ1n) is 4.74. The third-order valence-electron chi connectivity index (χ3n) is 2.25. The highest BCUT2D eigenvalue weighted by Gasteiger charge is 2.05. The molecule has 0 radical (unpaired) electrons. The minimum Gasteiger partial charge on any atom is -0.328 e. The van der Waals surface area contributed by atoms with Crippen molar-refractivity contribution < 1.29 is 4.79 Å². The Hall–Kier alpha value is -1.58. The van der Waals surface area contributed by atoms with E-state index in [4.69, 9.17) is 23.2 Å². The minimum atomic E-state index is -0.420. The Balaban J connectivity index is 2.60. The van der Waals surface area contributed by atoms with Crippen LogP contribution in [0, 0.1) is 0 Å². The zero-order chi connectivity index (χ0) is 12.4. The first-order chi connectivity index (χ1) is 8.10. The number of hydrogen-bond donors (Lipinski definition) is 1. The van der Waals surface area contributed by atoms with Crippen LogP contribution in [-0.4, -0.2) is 11.3 Å². The molecule has 2 rings (SSSR count). The molecule has 0 saturated carbocycles. The zero-order valence-electron chi connectivity index (χ0n) is 8.54. The molecule has 1 N–H and O–H groups in total. The van der Waals surface area contributed by atoms with Gasteiger partial charge in [0.25, 0.3) is 5.56 Å². The quantitative estimate of drug-likeness (QED) is 0.850. The van der Waals surface area contributed by atoms with Crippen LogP contribution in [0.1, 0.15) is 10.4 Å². The number of carbonyl (C=O) groups excluding carboxylic acids is 1. The predicted molar refractivity (Wildman–Crippen MR) is 67.9 cm³/mol. The van der Waals surface area contributed by atoms with Crippen molar-refractivity contribution in [2.45, 2.75) is 0 Å². The maximum Gasteiger partial charge on any atom is 0.258 e. The standard InChI is InChI=1S/C12H7Cl2NO2/c13-10-2-7(3-11(14)4-10)8-1-9(6-16)12(17)15-5-8/h1-6H,(H,15,17). The first-order valence-corrected chi connectivity index (χ1v) is 5.50. The van der Waals surface area contributed by atoms with E-state index >= 15 is 0 Å². The molecule has 86 valence electrons. The number of benzene rings is 1. The fraction of sp³-hybridized carbons (Fsp3) is 0. The number of pyridine rings is 1. The summed E-state index contributed by atoms with van der Waals surface area (Å²) in [6, 6.07) is 6.51. The van der Waals surface area contributed by atoms with Gasteiger partial charge in [0, 0.05) is 16.2 Å². The Morgan fingerprint density at radius 3 is 2.24 bits per heavy atom. The van der Waals surface area contributed by atoms with Crippen LogP contribution in [0.4, 0.5) is 0 Å². The van der Waals surface area contributed by atoms with Gasteiger partial charge < -0.3 is 4.98 Å². The van der Waals surface area contributed by atoms with E-state index in [1.807, 2.05) is 0 Å². The molecule has 0 atom stereocenters. The lowest BCUT2D eigenvalue weighted by atomic mass is 10.1. The molecule has 0 amide bonds. The van der Waals surface area contributed by atoms with E-state index in [2.05, 4.69) is 4.98 Å². The van der Waals surface area contributed by atoms with Gasteiger partial charge in [-0.15, -0.1) is 0 Å². The second kappa shape index (κ2) is 4.73. The molecule has 5 heteroatoms. The molecule has 0 aliphatic rings. The zero-order valence-corrected chi connectivity index (χ0v) is 10.0. The molecular formula is C12H7Cl2NO2. The van der Waals surface area contributed by atoms with Gasteiger partial charge in [-0.1, -0.05) is 23.2 Å². The number of nitrogens with one attached hydrogen (secondary N) is 1. The summed E-state index contributed by atoms with van der Waals surface area (Å²) in [6.45, 7) is 0. The van der Waals surface area contributed by atoms with Crippen molar-refractivity contribution in [3.63, 3.8) is 0 Å². The van der Waals surface area contributed by atoms with E-state index in [9.17, 15) is 9.59 Å². The van der Waals surface area contributed by atoms with Crippen molar-refractivity contribution in [2.24, 2.45) is 0 Å². The Morgan fingerprint density at radius 1 is 1.00 bits per heavy atom. The summed E-state index contributed by atoms with van der Waals surface area (Å²) in [5.41, 5.74) is 1.06. The van der Waals surface area contributed by atoms with Gasteiger partial charge in [-0.3, -0.25) is 9.59 Å². The molecule has 3 nitrogen and oxygen atoms in total. The van der Waals surface area contributed by atoms with Gasteiger partial charge in [-0.25, -0.2) is 0 Å². The lowest BCUT2D eigenvalue weighted by Crippen LogP contribution is -2.10. The molecule has 1 aromatic heterocycles. The summed E-state index contributed by atoms with van der Waals surface area (Å²) in [6.07, 6.45) is 2.02. The average Bonchev–Trinajstić information content (AvgIpc) is 2.28. The van der Waals surface area contributed by atoms with E-state index in [0.717, 1.165) is 5.56 Å². The molecule has 1 heterocycles. The lowest BCUT2D eigenvalue weighted by molar-refractivity contribution is 0.112. The maximum atomic E-state index is 11.2.